The van der Waals surface area contributed by atoms with E-state index in [1.165, 1.54) is 11.1 Å². The van der Waals surface area contributed by atoms with E-state index in [0.717, 1.165) is 49.3 Å². The number of carbonyl (C=O) groups excluding carboxylic acids is 1. The van der Waals surface area contributed by atoms with Gasteiger partial charge in [-0.15, -0.1) is 0 Å². The van der Waals surface area contributed by atoms with Crippen molar-refractivity contribution in [2.75, 3.05) is 26.7 Å². The average molecular weight is 474 g/mol. The van der Waals surface area contributed by atoms with E-state index in [4.69, 9.17) is 0 Å². The molecule has 184 valence electrons. The number of carbonyl (C=O) groups is 1. The van der Waals surface area contributed by atoms with Crippen LogP contribution in [0, 0.1) is 0 Å². The van der Waals surface area contributed by atoms with E-state index in [2.05, 4.69) is 51.5 Å². The van der Waals surface area contributed by atoms with Gasteiger partial charge in [-0.3, -0.25) is 19.3 Å². The monoisotopic (exact) mass is 473 g/mol. The van der Waals surface area contributed by atoms with Gasteiger partial charge in [0.1, 0.15) is 0 Å². The highest BCUT2D eigenvalue weighted by Crippen LogP contribution is 2.27. The van der Waals surface area contributed by atoms with Crippen molar-refractivity contribution >= 4 is 5.91 Å². The lowest BCUT2D eigenvalue weighted by molar-refractivity contribution is 0.0930. The van der Waals surface area contributed by atoms with Crippen LogP contribution in [0.3, 0.4) is 0 Å². The first kappa shape index (κ1) is 23.7. The molecular weight excluding hydrogens is 438 g/mol. The number of fused-ring (bicyclic) bond motifs is 2. The van der Waals surface area contributed by atoms with Crippen molar-refractivity contribution in [2.24, 2.45) is 0 Å². The van der Waals surface area contributed by atoms with Crippen LogP contribution in [0.5, 0.6) is 0 Å². The second-order valence-corrected chi connectivity index (χ2v) is 9.85. The van der Waals surface area contributed by atoms with Gasteiger partial charge in [-0.25, -0.2) is 0 Å². The zero-order valence-electron chi connectivity index (χ0n) is 20.7. The number of likely N-dealkylation sites (N-methyl/N-ethyl adjacent to an activating group) is 1. The molecule has 1 amide bonds. The molecule has 2 N–H and O–H groups in total. The number of nitrogens with zero attached hydrogens (tertiary/aromatic N) is 4. The number of hydrogen-bond donors (Lipinski definition) is 2. The van der Waals surface area contributed by atoms with E-state index in [0.29, 0.717) is 24.8 Å². The Bertz CT molecular complexity index is 1180. The van der Waals surface area contributed by atoms with Crippen molar-refractivity contribution in [2.45, 2.75) is 51.5 Å². The summed E-state index contributed by atoms with van der Waals surface area (Å²) in [6.45, 7) is 5.97. The zero-order chi connectivity index (χ0) is 24.4. The number of rotatable bonds is 7. The van der Waals surface area contributed by atoms with Crippen LogP contribution in [0.15, 0.2) is 54.6 Å². The third kappa shape index (κ3) is 5.03. The molecule has 3 heterocycles. The average Bonchev–Trinajstić information content (AvgIpc) is 3.23. The Morgan fingerprint density at radius 1 is 1.11 bits per heavy atom. The van der Waals surface area contributed by atoms with Gasteiger partial charge >= 0.3 is 0 Å². The van der Waals surface area contributed by atoms with E-state index in [1.54, 1.807) is 0 Å². The summed E-state index contributed by atoms with van der Waals surface area (Å²) in [6.07, 6.45) is 1.87. The third-order valence-electron chi connectivity index (χ3n) is 7.47. The molecule has 2 aromatic carbocycles. The number of nitrogens with one attached hydrogen (secondary N) is 1. The van der Waals surface area contributed by atoms with E-state index in [1.807, 2.05) is 41.9 Å². The number of amides is 1. The SMILES string of the molecule is CC(NC(=O)c1nn(CCO)c2c1CN(CC1Cc3ccccc3CN1C)CC2)c1ccccc1. The smallest absolute Gasteiger partial charge is 0.272 e. The molecule has 0 saturated carbocycles. The van der Waals surface area contributed by atoms with Gasteiger partial charge in [0.15, 0.2) is 5.69 Å². The maximum absolute atomic E-state index is 13.3. The third-order valence-corrected chi connectivity index (χ3v) is 7.47. The molecular formula is C28H35N5O2. The van der Waals surface area contributed by atoms with Gasteiger partial charge in [-0.05, 0) is 37.1 Å². The first-order valence-electron chi connectivity index (χ1n) is 12.6. The second-order valence-electron chi connectivity index (χ2n) is 9.85. The number of hydrogen-bond acceptors (Lipinski definition) is 5. The van der Waals surface area contributed by atoms with Gasteiger partial charge < -0.3 is 10.4 Å². The van der Waals surface area contributed by atoms with Crippen LogP contribution in [-0.2, 0) is 32.5 Å². The summed E-state index contributed by atoms with van der Waals surface area (Å²) in [7, 11) is 2.21. The molecule has 0 saturated heterocycles. The van der Waals surface area contributed by atoms with E-state index in [9.17, 15) is 9.90 Å². The van der Waals surface area contributed by atoms with Crippen LogP contribution in [0.25, 0.3) is 0 Å². The summed E-state index contributed by atoms with van der Waals surface area (Å²) in [5.41, 5.74) is 6.49. The molecule has 0 fully saturated rings. The summed E-state index contributed by atoms with van der Waals surface area (Å²) >= 11 is 0. The molecule has 7 nitrogen and oxygen atoms in total. The van der Waals surface area contributed by atoms with Crippen LogP contribution in [0.1, 0.15) is 51.4 Å². The predicted octanol–water partition coefficient (Wildman–Crippen LogP) is 2.78. The van der Waals surface area contributed by atoms with Crippen molar-refractivity contribution in [1.82, 2.24) is 24.9 Å². The fraction of sp³-hybridized carbons (Fsp3) is 0.429. The number of aromatic nitrogens is 2. The van der Waals surface area contributed by atoms with Crippen molar-refractivity contribution < 1.29 is 9.90 Å². The molecule has 5 rings (SSSR count). The van der Waals surface area contributed by atoms with Crippen LogP contribution < -0.4 is 5.32 Å². The van der Waals surface area contributed by atoms with Crippen molar-refractivity contribution in [3.63, 3.8) is 0 Å². The second kappa shape index (κ2) is 10.3. The summed E-state index contributed by atoms with van der Waals surface area (Å²) in [5, 5.41) is 17.4. The highest BCUT2D eigenvalue weighted by Gasteiger charge is 2.31. The lowest BCUT2D eigenvalue weighted by Gasteiger charge is -2.38. The molecule has 7 heteroatoms. The Morgan fingerprint density at radius 3 is 2.63 bits per heavy atom. The van der Waals surface area contributed by atoms with Gasteiger partial charge in [0, 0.05) is 49.9 Å². The molecule has 2 aliphatic heterocycles. The van der Waals surface area contributed by atoms with Crippen molar-refractivity contribution in [3.8, 4) is 0 Å². The summed E-state index contributed by atoms with van der Waals surface area (Å²) in [5.74, 6) is -0.153. The van der Waals surface area contributed by atoms with Crippen molar-refractivity contribution in [1.29, 1.82) is 0 Å². The number of aliphatic hydroxyl groups is 1. The van der Waals surface area contributed by atoms with E-state index >= 15 is 0 Å². The minimum Gasteiger partial charge on any atom is -0.394 e. The Morgan fingerprint density at radius 2 is 1.86 bits per heavy atom. The van der Waals surface area contributed by atoms with Gasteiger partial charge in [-0.1, -0.05) is 54.6 Å². The first-order valence-corrected chi connectivity index (χ1v) is 12.6. The van der Waals surface area contributed by atoms with Crippen LogP contribution in [0.2, 0.25) is 0 Å². The standard InChI is InChI=1S/C28H35N5O2/c1-20(21-8-4-3-5-9-21)29-28(35)27-25-19-32(13-12-26(25)33(30-27)14-15-34)18-24-16-22-10-6-7-11-23(22)17-31(24)2/h3-11,20,24,34H,12-19H2,1-2H3,(H,29,35). The quantitative estimate of drug-likeness (QED) is 0.552. The van der Waals surface area contributed by atoms with Gasteiger partial charge in [0.25, 0.3) is 5.91 Å². The lowest BCUT2D eigenvalue weighted by atomic mass is 9.93. The maximum Gasteiger partial charge on any atom is 0.272 e. The molecule has 1 aromatic heterocycles. The number of aliphatic hydroxyl groups excluding tert-OH is 1. The largest absolute Gasteiger partial charge is 0.394 e. The molecule has 3 aromatic rings. The molecule has 0 aliphatic carbocycles. The molecule has 0 spiro atoms. The minimum absolute atomic E-state index is 0.00554. The Kier molecular flexibility index (Phi) is 7.00. The minimum atomic E-state index is -0.153. The summed E-state index contributed by atoms with van der Waals surface area (Å²) in [4.78, 5) is 18.2. The fourth-order valence-electron chi connectivity index (χ4n) is 5.48. The molecule has 2 unspecified atom stereocenters. The normalized spacial score (nSPS) is 19.1. The molecule has 2 atom stereocenters. The molecule has 0 radical (unpaired) electrons. The number of benzene rings is 2. The molecule has 2 aliphatic rings. The van der Waals surface area contributed by atoms with Gasteiger partial charge in [0.05, 0.1) is 19.2 Å². The highest BCUT2D eigenvalue weighted by atomic mass is 16.3. The molecule has 35 heavy (non-hydrogen) atoms. The zero-order valence-corrected chi connectivity index (χ0v) is 20.7. The van der Waals surface area contributed by atoms with Crippen molar-refractivity contribution in [3.05, 3.63) is 88.2 Å². The van der Waals surface area contributed by atoms with Crippen LogP contribution in [-0.4, -0.2) is 63.4 Å². The topological polar surface area (TPSA) is 73.6 Å². The Hall–Kier alpha value is -3.00. The lowest BCUT2D eigenvalue weighted by Crippen LogP contribution is -2.47. The van der Waals surface area contributed by atoms with Crippen LogP contribution >= 0.6 is 0 Å². The summed E-state index contributed by atoms with van der Waals surface area (Å²) in [6, 6.07) is 19.0. The van der Waals surface area contributed by atoms with E-state index in [-0.39, 0.29) is 18.6 Å². The van der Waals surface area contributed by atoms with Crippen LogP contribution in [0.4, 0.5) is 0 Å². The fourth-order valence-corrected chi connectivity index (χ4v) is 5.48. The maximum atomic E-state index is 13.3. The van der Waals surface area contributed by atoms with Gasteiger partial charge in [0.2, 0.25) is 0 Å². The predicted molar refractivity (Wildman–Crippen MR) is 136 cm³/mol. The van der Waals surface area contributed by atoms with Gasteiger partial charge in [-0.2, -0.15) is 5.10 Å². The molecule has 0 bridgehead atoms. The highest BCUT2D eigenvalue weighted by molar-refractivity contribution is 5.94. The Balaban J connectivity index is 1.33. The van der Waals surface area contributed by atoms with E-state index < -0.39 is 0 Å². The first-order chi connectivity index (χ1) is 17.0. The Labute approximate surface area is 207 Å². The summed E-state index contributed by atoms with van der Waals surface area (Å²) < 4.78 is 1.83.